The van der Waals surface area contributed by atoms with Gasteiger partial charge in [0, 0.05) is 0 Å². The van der Waals surface area contributed by atoms with E-state index in [9.17, 15) is 0 Å². The zero-order valence-corrected chi connectivity index (χ0v) is 12.9. The SMILES string of the molecule is Cc1cc2c(cc1C)[n+](C)c(Cn1cc[n+](C)c1)n2C. The third-order valence-corrected chi connectivity index (χ3v) is 4.24. The summed E-state index contributed by atoms with van der Waals surface area (Å²) in [6.45, 7) is 5.22. The highest BCUT2D eigenvalue weighted by molar-refractivity contribution is 5.74. The summed E-state index contributed by atoms with van der Waals surface area (Å²) in [7, 11) is 6.34. The fourth-order valence-electron chi connectivity index (χ4n) is 2.80. The predicted molar refractivity (Wildman–Crippen MR) is 78.3 cm³/mol. The van der Waals surface area contributed by atoms with Crippen molar-refractivity contribution in [3.63, 3.8) is 0 Å². The van der Waals surface area contributed by atoms with Gasteiger partial charge in [-0.3, -0.25) is 0 Å². The van der Waals surface area contributed by atoms with Crippen molar-refractivity contribution >= 4 is 11.0 Å². The fourth-order valence-corrected chi connectivity index (χ4v) is 2.80. The third-order valence-electron chi connectivity index (χ3n) is 4.24. The molecule has 3 aromatic rings. The smallest absolute Gasteiger partial charge is 0.240 e. The largest absolute Gasteiger partial charge is 0.299 e. The molecule has 0 bridgehead atoms. The lowest BCUT2D eigenvalue weighted by atomic mass is 10.1. The van der Waals surface area contributed by atoms with Crippen LogP contribution in [0.25, 0.3) is 11.0 Å². The number of aryl methyl sites for hydroxylation is 5. The van der Waals surface area contributed by atoms with Crippen molar-refractivity contribution in [2.24, 2.45) is 21.1 Å². The number of imidazole rings is 2. The number of rotatable bonds is 2. The van der Waals surface area contributed by atoms with Crippen molar-refractivity contribution in [3.8, 4) is 0 Å². The second-order valence-corrected chi connectivity index (χ2v) is 5.71. The molecule has 2 aromatic heterocycles. The standard InChI is InChI=1S/C16H22N4/c1-12-8-14-15(9-13(12)2)19(5)16(18(14)4)10-20-7-6-17(3)11-20/h6-9,11H,10H2,1-5H3/q+2. The molecule has 0 amide bonds. The third kappa shape index (κ3) is 1.92. The summed E-state index contributed by atoms with van der Waals surface area (Å²) in [5, 5.41) is 0. The minimum Gasteiger partial charge on any atom is -0.240 e. The Kier molecular flexibility index (Phi) is 2.89. The van der Waals surface area contributed by atoms with Crippen LogP contribution in [0.2, 0.25) is 0 Å². The highest BCUT2D eigenvalue weighted by Crippen LogP contribution is 2.18. The van der Waals surface area contributed by atoms with Crippen LogP contribution in [0, 0.1) is 13.8 Å². The van der Waals surface area contributed by atoms with E-state index in [2.05, 4.69) is 77.1 Å². The van der Waals surface area contributed by atoms with Crippen LogP contribution >= 0.6 is 0 Å². The number of hydrogen-bond donors (Lipinski definition) is 0. The summed E-state index contributed by atoms with van der Waals surface area (Å²) in [4.78, 5) is 0. The molecule has 4 nitrogen and oxygen atoms in total. The Balaban J connectivity index is 2.16. The molecular weight excluding hydrogens is 248 g/mol. The van der Waals surface area contributed by atoms with E-state index in [0.717, 1.165) is 6.54 Å². The van der Waals surface area contributed by atoms with E-state index in [1.165, 1.54) is 28.0 Å². The van der Waals surface area contributed by atoms with Gasteiger partial charge in [0.1, 0.15) is 12.4 Å². The Labute approximate surface area is 119 Å². The first kappa shape index (κ1) is 12.9. The van der Waals surface area contributed by atoms with Gasteiger partial charge in [-0.25, -0.2) is 18.3 Å². The first-order valence-corrected chi connectivity index (χ1v) is 6.93. The molecule has 0 fully saturated rings. The molecule has 3 rings (SSSR count). The normalized spacial score (nSPS) is 11.4. The molecule has 0 atom stereocenters. The fraction of sp³-hybridized carbons (Fsp3) is 0.375. The minimum atomic E-state index is 0.876. The molecule has 0 aliphatic heterocycles. The van der Waals surface area contributed by atoms with Gasteiger partial charge in [0.15, 0.2) is 17.6 Å². The monoisotopic (exact) mass is 270 g/mol. The van der Waals surface area contributed by atoms with Gasteiger partial charge < -0.3 is 0 Å². The van der Waals surface area contributed by atoms with Crippen LogP contribution in [-0.2, 0) is 27.7 Å². The van der Waals surface area contributed by atoms with Gasteiger partial charge >= 0.3 is 0 Å². The number of fused-ring (bicyclic) bond motifs is 1. The first-order chi connectivity index (χ1) is 9.47. The molecule has 0 aliphatic carbocycles. The Hall–Kier alpha value is -2.10. The molecule has 0 aliphatic rings. The lowest BCUT2D eigenvalue weighted by molar-refractivity contribution is -0.671. The van der Waals surface area contributed by atoms with E-state index in [-0.39, 0.29) is 0 Å². The van der Waals surface area contributed by atoms with E-state index in [1.54, 1.807) is 0 Å². The lowest BCUT2D eigenvalue weighted by Gasteiger charge is -1.97. The molecule has 0 N–H and O–H groups in total. The predicted octanol–water partition coefficient (Wildman–Crippen LogP) is 1.29. The lowest BCUT2D eigenvalue weighted by Crippen LogP contribution is -2.34. The van der Waals surface area contributed by atoms with E-state index in [4.69, 9.17) is 0 Å². The summed E-state index contributed by atoms with van der Waals surface area (Å²) in [5.41, 5.74) is 5.28. The van der Waals surface area contributed by atoms with E-state index in [1.807, 2.05) is 7.05 Å². The molecule has 1 aromatic carbocycles. The molecule has 0 saturated heterocycles. The molecule has 2 heterocycles. The molecule has 0 spiro atoms. The Bertz CT molecular complexity index is 748. The highest BCUT2D eigenvalue weighted by atomic mass is 15.2. The van der Waals surface area contributed by atoms with Crippen LogP contribution in [0.3, 0.4) is 0 Å². The molecule has 0 radical (unpaired) electrons. The summed E-state index contributed by atoms with van der Waals surface area (Å²) in [6, 6.07) is 4.56. The molecule has 4 heteroatoms. The quantitative estimate of drug-likeness (QED) is 0.625. The van der Waals surface area contributed by atoms with Gasteiger partial charge in [0.05, 0.1) is 21.1 Å². The topological polar surface area (TPSA) is 17.6 Å². The Morgan fingerprint density at radius 3 is 2.45 bits per heavy atom. The average molecular weight is 270 g/mol. The highest BCUT2D eigenvalue weighted by Gasteiger charge is 2.22. The van der Waals surface area contributed by atoms with Crippen LogP contribution in [0.15, 0.2) is 30.9 Å². The number of nitrogens with zero attached hydrogens (tertiary/aromatic N) is 4. The van der Waals surface area contributed by atoms with Crippen LogP contribution in [-0.4, -0.2) is 9.13 Å². The maximum absolute atomic E-state index is 2.29. The second-order valence-electron chi connectivity index (χ2n) is 5.71. The van der Waals surface area contributed by atoms with Crippen LogP contribution in [0.4, 0.5) is 0 Å². The maximum Gasteiger partial charge on any atom is 0.299 e. The van der Waals surface area contributed by atoms with Crippen LogP contribution in [0.5, 0.6) is 0 Å². The molecule has 20 heavy (non-hydrogen) atoms. The van der Waals surface area contributed by atoms with Crippen LogP contribution in [0.1, 0.15) is 17.0 Å². The minimum absolute atomic E-state index is 0.876. The van der Waals surface area contributed by atoms with Crippen molar-refractivity contribution in [1.29, 1.82) is 0 Å². The second kappa shape index (κ2) is 4.47. The zero-order chi connectivity index (χ0) is 14.4. The van der Waals surface area contributed by atoms with Crippen LogP contribution < -0.4 is 9.13 Å². The van der Waals surface area contributed by atoms with Gasteiger partial charge in [0.25, 0.3) is 5.82 Å². The summed E-state index contributed by atoms with van der Waals surface area (Å²) < 4.78 is 8.86. The molecule has 0 saturated carbocycles. The van der Waals surface area contributed by atoms with E-state index < -0.39 is 0 Å². The first-order valence-electron chi connectivity index (χ1n) is 6.93. The van der Waals surface area contributed by atoms with Gasteiger partial charge in [-0.05, 0) is 37.1 Å². The number of benzene rings is 1. The molecular formula is C16H22N4+2. The number of aromatic nitrogens is 4. The Morgan fingerprint density at radius 2 is 1.80 bits per heavy atom. The maximum atomic E-state index is 2.29. The van der Waals surface area contributed by atoms with E-state index >= 15 is 0 Å². The molecule has 104 valence electrons. The van der Waals surface area contributed by atoms with Crippen molar-refractivity contribution in [3.05, 3.63) is 47.8 Å². The number of hydrogen-bond acceptors (Lipinski definition) is 0. The van der Waals surface area contributed by atoms with Crippen molar-refractivity contribution < 1.29 is 9.13 Å². The summed E-state index contributed by atoms with van der Waals surface area (Å²) in [5.74, 6) is 1.29. The van der Waals surface area contributed by atoms with Gasteiger partial charge in [-0.15, -0.1) is 0 Å². The van der Waals surface area contributed by atoms with Gasteiger partial charge in [0.2, 0.25) is 6.33 Å². The Morgan fingerprint density at radius 1 is 1.10 bits per heavy atom. The average Bonchev–Trinajstić information content (AvgIpc) is 2.90. The van der Waals surface area contributed by atoms with E-state index in [0.29, 0.717) is 0 Å². The van der Waals surface area contributed by atoms with Crippen molar-refractivity contribution in [2.45, 2.75) is 20.4 Å². The van der Waals surface area contributed by atoms with Gasteiger partial charge in [-0.2, -0.15) is 0 Å². The van der Waals surface area contributed by atoms with Crippen molar-refractivity contribution in [2.75, 3.05) is 0 Å². The van der Waals surface area contributed by atoms with Crippen molar-refractivity contribution in [1.82, 2.24) is 9.13 Å². The summed E-state index contributed by atoms with van der Waals surface area (Å²) >= 11 is 0. The molecule has 0 unspecified atom stereocenters. The van der Waals surface area contributed by atoms with Gasteiger partial charge in [-0.1, -0.05) is 0 Å². The summed E-state index contributed by atoms with van der Waals surface area (Å²) in [6.07, 6.45) is 6.28. The zero-order valence-electron chi connectivity index (χ0n) is 12.9.